The molecule has 1 N–H and O–H groups in total. The topological polar surface area (TPSA) is 97.7 Å². The molecule has 1 aliphatic heterocycles. The standard InChI is InChI=1S/C20H20ClN3O5S2/c1-2-24-17-6-3-13(11-18(17)30-20(24)26)22-19(25)15-12-14(4-5-16(15)21)31(27,28)23-7-9-29-10-8-23/h3-6,11-12H,2,7-10H2,1H3,(H,22,25). The number of anilines is 1. The van der Waals surface area contributed by atoms with Gasteiger partial charge in [0.05, 0.1) is 38.9 Å². The van der Waals surface area contributed by atoms with E-state index in [1.807, 2.05) is 6.92 Å². The van der Waals surface area contributed by atoms with Crippen molar-refractivity contribution in [3.8, 4) is 0 Å². The summed E-state index contributed by atoms with van der Waals surface area (Å²) in [5.41, 5.74) is 1.34. The number of carbonyl (C=O) groups is 1. The first kappa shape index (κ1) is 22.0. The van der Waals surface area contributed by atoms with Gasteiger partial charge in [-0.2, -0.15) is 4.31 Å². The smallest absolute Gasteiger partial charge is 0.308 e. The Morgan fingerprint density at radius 1 is 1.19 bits per heavy atom. The lowest BCUT2D eigenvalue weighted by molar-refractivity contribution is 0.0730. The maximum Gasteiger partial charge on any atom is 0.308 e. The lowest BCUT2D eigenvalue weighted by Gasteiger charge is -2.26. The number of amides is 1. The summed E-state index contributed by atoms with van der Waals surface area (Å²) >= 11 is 7.30. The van der Waals surface area contributed by atoms with Crippen molar-refractivity contribution >= 4 is 54.8 Å². The van der Waals surface area contributed by atoms with Gasteiger partial charge in [-0.15, -0.1) is 0 Å². The normalized spacial score (nSPS) is 15.3. The highest BCUT2D eigenvalue weighted by atomic mass is 35.5. The second-order valence-corrected chi connectivity index (χ2v) is 10.2. The molecule has 3 aromatic rings. The summed E-state index contributed by atoms with van der Waals surface area (Å²) in [4.78, 5) is 24.8. The quantitative estimate of drug-likeness (QED) is 0.604. The Bertz CT molecular complexity index is 1310. The predicted octanol–water partition coefficient (Wildman–Crippen LogP) is 3.01. The van der Waals surface area contributed by atoms with E-state index in [2.05, 4.69) is 5.32 Å². The Balaban J connectivity index is 1.62. The third-order valence-electron chi connectivity index (χ3n) is 5.03. The number of nitrogens with one attached hydrogen (secondary N) is 1. The van der Waals surface area contributed by atoms with Crippen LogP contribution in [0, 0.1) is 0 Å². The van der Waals surface area contributed by atoms with Crippen LogP contribution in [0.4, 0.5) is 5.69 Å². The number of aryl methyl sites for hydroxylation is 1. The molecule has 8 nitrogen and oxygen atoms in total. The van der Waals surface area contributed by atoms with Crippen molar-refractivity contribution in [2.75, 3.05) is 31.6 Å². The number of rotatable bonds is 5. The van der Waals surface area contributed by atoms with Crippen molar-refractivity contribution in [3.63, 3.8) is 0 Å². The van der Waals surface area contributed by atoms with Crippen molar-refractivity contribution < 1.29 is 17.9 Å². The third kappa shape index (κ3) is 4.26. The molecule has 0 bridgehead atoms. The number of nitrogens with zero attached hydrogens (tertiary/aromatic N) is 2. The van der Waals surface area contributed by atoms with Crippen molar-refractivity contribution in [2.24, 2.45) is 0 Å². The number of halogens is 1. The van der Waals surface area contributed by atoms with Crippen LogP contribution in [0.1, 0.15) is 17.3 Å². The molecule has 4 rings (SSSR count). The molecule has 0 atom stereocenters. The van der Waals surface area contributed by atoms with Crippen LogP contribution >= 0.6 is 22.9 Å². The fraction of sp³-hybridized carbons (Fsp3) is 0.300. The summed E-state index contributed by atoms with van der Waals surface area (Å²) in [5.74, 6) is -0.536. The number of aromatic nitrogens is 1. The van der Waals surface area contributed by atoms with Gasteiger partial charge in [0.15, 0.2) is 0 Å². The maximum atomic E-state index is 12.9. The monoisotopic (exact) mass is 481 g/mol. The fourth-order valence-electron chi connectivity index (χ4n) is 3.42. The Morgan fingerprint density at radius 3 is 2.65 bits per heavy atom. The van der Waals surface area contributed by atoms with Gasteiger partial charge >= 0.3 is 4.87 Å². The van der Waals surface area contributed by atoms with Gasteiger partial charge < -0.3 is 10.1 Å². The molecule has 0 saturated carbocycles. The highest BCUT2D eigenvalue weighted by Crippen LogP contribution is 2.26. The lowest BCUT2D eigenvalue weighted by atomic mass is 10.2. The molecule has 0 unspecified atom stereocenters. The number of hydrogen-bond acceptors (Lipinski definition) is 6. The minimum absolute atomic E-state index is 0.00218. The molecule has 164 valence electrons. The first-order valence-corrected chi connectivity index (χ1v) is 12.3. The number of morpholine rings is 1. The van der Waals surface area contributed by atoms with Crippen LogP contribution < -0.4 is 10.2 Å². The average molecular weight is 482 g/mol. The molecule has 2 heterocycles. The van der Waals surface area contributed by atoms with E-state index in [1.54, 1.807) is 22.8 Å². The first-order valence-electron chi connectivity index (χ1n) is 9.63. The Morgan fingerprint density at radius 2 is 1.94 bits per heavy atom. The van der Waals surface area contributed by atoms with Crippen LogP contribution in [0.25, 0.3) is 10.2 Å². The first-order chi connectivity index (χ1) is 14.8. The van der Waals surface area contributed by atoms with Crippen molar-refractivity contribution in [1.29, 1.82) is 0 Å². The highest BCUT2D eigenvalue weighted by Gasteiger charge is 2.27. The van der Waals surface area contributed by atoms with E-state index >= 15 is 0 Å². The molecule has 0 spiro atoms. The molecule has 0 aliphatic carbocycles. The molecule has 31 heavy (non-hydrogen) atoms. The molecule has 1 aliphatic rings. The molecule has 2 aromatic carbocycles. The summed E-state index contributed by atoms with van der Waals surface area (Å²) in [6.45, 7) is 3.62. The SMILES string of the molecule is CCn1c(=O)sc2cc(NC(=O)c3cc(S(=O)(=O)N4CCOCC4)ccc3Cl)ccc21. The molecule has 0 radical (unpaired) electrons. The van der Waals surface area contributed by atoms with E-state index in [9.17, 15) is 18.0 Å². The minimum atomic E-state index is -3.76. The second kappa shape index (κ2) is 8.71. The number of sulfonamides is 1. The van der Waals surface area contributed by atoms with E-state index in [4.69, 9.17) is 16.3 Å². The van der Waals surface area contributed by atoms with Gasteiger partial charge in [-0.25, -0.2) is 8.42 Å². The van der Waals surface area contributed by atoms with Gasteiger partial charge in [-0.05, 0) is 43.3 Å². The number of carbonyl (C=O) groups excluding carboxylic acids is 1. The molecular formula is C20H20ClN3O5S2. The van der Waals surface area contributed by atoms with Gasteiger partial charge in [-0.3, -0.25) is 14.2 Å². The summed E-state index contributed by atoms with van der Waals surface area (Å²) in [6.07, 6.45) is 0. The van der Waals surface area contributed by atoms with Crippen LogP contribution in [0.5, 0.6) is 0 Å². The third-order valence-corrected chi connectivity index (χ3v) is 8.20. The Hall–Kier alpha value is -2.24. The molecule has 1 amide bonds. The van der Waals surface area contributed by atoms with Gasteiger partial charge in [-0.1, -0.05) is 22.9 Å². The van der Waals surface area contributed by atoms with Crippen LogP contribution in [0.3, 0.4) is 0 Å². The number of benzene rings is 2. The van der Waals surface area contributed by atoms with Crippen molar-refractivity contribution in [3.05, 3.63) is 56.7 Å². The van der Waals surface area contributed by atoms with Crippen molar-refractivity contribution in [1.82, 2.24) is 8.87 Å². The maximum absolute atomic E-state index is 12.9. The second-order valence-electron chi connectivity index (χ2n) is 6.91. The van der Waals surface area contributed by atoms with Crippen LogP contribution in [0.2, 0.25) is 5.02 Å². The highest BCUT2D eigenvalue weighted by molar-refractivity contribution is 7.89. The predicted molar refractivity (Wildman–Crippen MR) is 121 cm³/mol. The number of thiazole rings is 1. The van der Waals surface area contributed by atoms with Crippen molar-refractivity contribution in [2.45, 2.75) is 18.4 Å². The van der Waals surface area contributed by atoms with E-state index in [0.717, 1.165) is 21.6 Å². The largest absolute Gasteiger partial charge is 0.379 e. The average Bonchev–Trinajstić information content (AvgIpc) is 3.08. The lowest BCUT2D eigenvalue weighted by Crippen LogP contribution is -2.40. The Kier molecular flexibility index (Phi) is 6.18. The molecule has 1 fully saturated rings. The summed E-state index contributed by atoms with van der Waals surface area (Å²) in [5, 5.41) is 2.88. The van der Waals surface area contributed by atoms with E-state index < -0.39 is 15.9 Å². The molecule has 11 heteroatoms. The minimum Gasteiger partial charge on any atom is -0.379 e. The summed E-state index contributed by atoms with van der Waals surface area (Å²) in [6, 6.07) is 9.26. The van der Waals surface area contributed by atoms with Gasteiger partial charge in [0.1, 0.15) is 0 Å². The summed E-state index contributed by atoms with van der Waals surface area (Å²) in [7, 11) is -3.76. The van der Waals surface area contributed by atoms with E-state index in [0.29, 0.717) is 25.4 Å². The zero-order chi connectivity index (χ0) is 22.2. The van der Waals surface area contributed by atoms with Crippen LogP contribution in [-0.4, -0.2) is 49.5 Å². The van der Waals surface area contributed by atoms with Gasteiger partial charge in [0.2, 0.25) is 10.0 Å². The number of hydrogen-bond donors (Lipinski definition) is 1. The van der Waals surface area contributed by atoms with Gasteiger partial charge in [0.25, 0.3) is 5.91 Å². The number of fused-ring (bicyclic) bond motifs is 1. The number of ether oxygens (including phenoxy) is 1. The molecule has 1 aromatic heterocycles. The fourth-order valence-corrected chi connectivity index (χ4v) is 6.05. The van der Waals surface area contributed by atoms with E-state index in [1.165, 1.54) is 22.5 Å². The summed E-state index contributed by atoms with van der Waals surface area (Å²) < 4.78 is 34.8. The zero-order valence-electron chi connectivity index (χ0n) is 16.6. The Labute approximate surface area is 188 Å². The molecular weight excluding hydrogens is 462 g/mol. The zero-order valence-corrected chi connectivity index (χ0v) is 19.0. The van der Waals surface area contributed by atoms with E-state index in [-0.39, 0.29) is 33.4 Å². The molecule has 1 saturated heterocycles. The van der Waals surface area contributed by atoms with Gasteiger partial charge in [0, 0.05) is 25.3 Å². The van der Waals surface area contributed by atoms with Crippen LogP contribution in [-0.2, 0) is 21.3 Å². The van der Waals surface area contributed by atoms with Crippen LogP contribution in [0.15, 0.2) is 46.1 Å².